The Morgan fingerprint density at radius 1 is 1.35 bits per heavy atom. The lowest BCUT2D eigenvalue weighted by molar-refractivity contribution is 0.577. The van der Waals surface area contributed by atoms with Gasteiger partial charge in [0, 0.05) is 13.6 Å². The van der Waals surface area contributed by atoms with Gasteiger partial charge in [-0.15, -0.1) is 29.1 Å². The van der Waals surface area contributed by atoms with Crippen LogP contribution >= 0.6 is 35.3 Å². The highest BCUT2D eigenvalue weighted by atomic mass is 127. The number of rotatable bonds is 5. The maximum absolute atomic E-state index is 5.26. The van der Waals surface area contributed by atoms with Gasteiger partial charge in [-0.05, 0) is 34.5 Å². The lowest BCUT2D eigenvalue weighted by Crippen LogP contribution is -2.36. The molecule has 9 heteroatoms. The molecule has 122 valence electrons. The van der Waals surface area contributed by atoms with Crippen LogP contribution in [0.2, 0.25) is 0 Å². The average Bonchev–Trinajstić information content (AvgIpc) is 3.29. The largest absolute Gasteiger partial charge is 0.461 e. The monoisotopic (exact) mass is 444 g/mol. The summed E-state index contributed by atoms with van der Waals surface area (Å²) < 4.78 is 5.26. The second-order valence-corrected chi connectivity index (χ2v) is 5.27. The van der Waals surface area contributed by atoms with E-state index in [2.05, 4.69) is 47.6 Å². The standard InChI is InChI=1S/C14H16N6OS.HI/c1-15-14(16-7-10-4-6-22-9-10)17-8-12-18-13(20-19-12)11-3-2-5-21-11;/h2-6,9H,7-8H2,1H3,(H2,15,16,17)(H,18,19,20);1H. The van der Waals surface area contributed by atoms with Crippen molar-refractivity contribution in [1.82, 2.24) is 25.8 Å². The topological polar surface area (TPSA) is 91.1 Å². The Bertz CT molecular complexity index is 722. The van der Waals surface area contributed by atoms with Crippen molar-refractivity contribution in [3.63, 3.8) is 0 Å². The molecular weight excluding hydrogens is 427 g/mol. The molecule has 0 bridgehead atoms. The van der Waals surface area contributed by atoms with Gasteiger partial charge in [0.05, 0.1) is 12.8 Å². The van der Waals surface area contributed by atoms with E-state index in [1.165, 1.54) is 5.56 Å². The van der Waals surface area contributed by atoms with E-state index in [4.69, 9.17) is 4.42 Å². The predicted octanol–water partition coefficient (Wildman–Crippen LogP) is 2.61. The third-order valence-electron chi connectivity index (χ3n) is 2.96. The Balaban J connectivity index is 0.00000192. The van der Waals surface area contributed by atoms with Gasteiger partial charge in [-0.1, -0.05) is 0 Å². The van der Waals surface area contributed by atoms with Crippen molar-refractivity contribution >= 4 is 41.3 Å². The molecule has 0 radical (unpaired) electrons. The summed E-state index contributed by atoms with van der Waals surface area (Å²) in [6.07, 6.45) is 1.60. The van der Waals surface area contributed by atoms with Crippen molar-refractivity contribution in [2.75, 3.05) is 7.05 Å². The molecule has 0 fully saturated rings. The normalized spacial score (nSPS) is 11.1. The predicted molar refractivity (Wildman–Crippen MR) is 101 cm³/mol. The Morgan fingerprint density at radius 2 is 2.22 bits per heavy atom. The molecule has 3 heterocycles. The number of aromatic amines is 1. The van der Waals surface area contributed by atoms with E-state index in [-0.39, 0.29) is 24.0 Å². The van der Waals surface area contributed by atoms with Crippen molar-refractivity contribution in [1.29, 1.82) is 0 Å². The SMILES string of the molecule is CN=C(NCc1ccsc1)NCc1nc(-c2ccco2)n[nH]1.I. The highest BCUT2D eigenvalue weighted by molar-refractivity contribution is 14.0. The van der Waals surface area contributed by atoms with Crippen LogP contribution in [0.15, 0.2) is 44.6 Å². The van der Waals surface area contributed by atoms with Crippen LogP contribution in [0, 0.1) is 0 Å². The number of aliphatic imine (C=N–C) groups is 1. The molecular formula is C14H17IN6OS. The number of thiophene rings is 1. The van der Waals surface area contributed by atoms with E-state index < -0.39 is 0 Å². The maximum atomic E-state index is 5.26. The summed E-state index contributed by atoms with van der Waals surface area (Å²) in [5.41, 5.74) is 1.23. The summed E-state index contributed by atoms with van der Waals surface area (Å²) in [6, 6.07) is 5.71. The van der Waals surface area contributed by atoms with E-state index in [9.17, 15) is 0 Å². The first-order chi connectivity index (χ1) is 10.8. The zero-order valence-corrected chi connectivity index (χ0v) is 15.6. The Morgan fingerprint density at radius 3 is 2.91 bits per heavy atom. The third-order valence-corrected chi connectivity index (χ3v) is 3.69. The zero-order chi connectivity index (χ0) is 15.2. The quantitative estimate of drug-likeness (QED) is 0.320. The van der Waals surface area contributed by atoms with Gasteiger partial charge in [0.15, 0.2) is 11.7 Å². The van der Waals surface area contributed by atoms with Crippen LogP contribution in [0.25, 0.3) is 11.6 Å². The molecule has 0 unspecified atom stereocenters. The first-order valence-corrected chi connectivity index (χ1v) is 7.70. The number of H-pyrrole nitrogens is 1. The number of hydrogen-bond acceptors (Lipinski definition) is 5. The Kier molecular flexibility index (Phi) is 6.59. The van der Waals surface area contributed by atoms with Crippen LogP contribution in [0.4, 0.5) is 0 Å². The van der Waals surface area contributed by atoms with E-state index in [0.29, 0.717) is 29.9 Å². The van der Waals surface area contributed by atoms with Gasteiger partial charge < -0.3 is 15.1 Å². The summed E-state index contributed by atoms with van der Waals surface area (Å²) in [7, 11) is 1.73. The molecule has 0 saturated carbocycles. The summed E-state index contributed by atoms with van der Waals surface area (Å²) in [5, 5.41) is 17.6. The molecule has 0 spiro atoms. The van der Waals surface area contributed by atoms with E-state index in [0.717, 1.165) is 6.54 Å². The first-order valence-electron chi connectivity index (χ1n) is 6.76. The summed E-state index contributed by atoms with van der Waals surface area (Å²) in [4.78, 5) is 8.54. The number of nitrogens with zero attached hydrogens (tertiary/aromatic N) is 3. The Hall–Kier alpha value is -1.88. The number of hydrogen-bond donors (Lipinski definition) is 3. The minimum Gasteiger partial charge on any atom is -0.461 e. The zero-order valence-electron chi connectivity index (χ0n) is 12.4. The van der Waals surface area contributed by atoms with Gasteiger partial charge in [0.25, 0.3) is 0 Å². The average molecular weight is 444 g/mol. The Labute approximate surface area is 154 Å². The molecule has 0 aliphatic heterocycles. The van der Waals surface area contributed by atoms with Crippen LogP contribution in [0.1, 0.15) is 11.4 Å². The van der Waals surface area contributed by atoms with Crippen LogP contribution in [0.5, 0.6) is 0 Å². The lowest BCUT2D eigenvalue weighted by Gasteiger charge is -2.09. The molecule has 0 aliphatic rings. The van der Waals surface area contributed by atoms with Crippen molar-refractivity contribution in [3.8, 4) is 11.6 Å². The third kappa shape index (κ3) is 4.79. The fraction of sp³-hybridized carbons (Fsp3) is 0.214. The first kappa shape index (κ1) is 17.5. The molecule has 0 atom stereocenters. The number of nitrogens with one attached hydrogen (secondary N) is 3. The van der Waals surface area contributed by atoms with Crippen LogP contribution in [0.3, 0.4) is 0 Å². The smallest absolute Gasteiger partial charge is 0.216 e. The number of halogens is 1. The second kappa shape index (κ2) is 8.67. The molecule has 0 aromatic carbocycles. The maximum Gasteiger partial charge on any atom is 0.216 e. The summed E-state index contributed by atoms with van der Waals surface area (Å²) >= 11 is 1.68. The van der Waals surface area contributed by atoms with Crippen molar-refractivity contribution in [3.05, 3.63) is 46.6 Å². The van der Waals surface area contributed by atoms with Gasteiger partial charge in [-0.2, -0.15) is 11.3 Å². The molecule has 3 aromatic heterocycles. The molecule has 23 heavy (non-hydrogen) atoms. The van der Waals surface area contributed by atoms with Crippen molar-refractivity contribution < 1.29 is 4.42 Å². The molecule has 3 aromatic rings. The van der Waals surface area contributed by atoms with Crippen LogP contribution < -0.4 is 10.6 Å². The van der Waals surface area contributed by atoms with Gasteiger partial charge >= 0.3 is 0 Å². The lowest BCUT2D eigenvalue weighted by atomic mass is 10.3. The van der Waals surface area contributed by atoms with E-state index in [1.54, 1.807) is 30.7 Å². The summed E-state index contributed by atoms with van der Waals surface area (Å²) in [5.74, 6) is 2.61. The van der Waals surface area contributed by atoms with Gasteiger partial charge in [-0.25, -0.2) is 4.98 Å². The van der Waals surface area contributed by atoms with Crippen molar-refractivity contribution in [2.45, 2.75) is 13.1 Å². The molecule has 7 nitrogen and oxygen atoms in total. The second-order valence-electron chi connectivity index (χ2n) is 4.49. The minimum absolute atomic E-state index is 0. The molecule has 3 rings (SSSR count). The van der Waals surface area contributed by atoms with E-state index >= 15 is 0 Å². The molecule has 3 N–H and O–H groups in total. The van der Waals surface area contributed by atoms with Crippen LogP contribution in [-0.4, -0.2) is 28.2 Å². The molecule has 0 aliphatic carbocycles. The highest BCUT2D eigenvalue weighted by Crippen LogP contribution is 2.14. The van der Waals surface area contributed by atoms with E-state index in [1.807, 2.05) is 6.07 Å². The highest BCUT2D eigenvalue weighted by Gasteiger charge is 2.08. The summed E-state index contributed by atoms with van der Waals surface area (Å²) in [6.45, 7) is 1.23. The number of aromatic nitrogens is 3. The fourth-order valence-electron chi connectivity index (χ4n) is 1.86. The fourth-order valence-corrected chi connectivity index (χ4v) is 2.53. The van der Waals surface area contributed by atoms with Crippen LogP contribution in [-0.2, 0) is 13.1 Å². The minimum atomic E-state index is 0. The number of furan rings is 1. The van der Waals surface area contributed by atoms with Crippen molar-refractivity contribution in [2.24, 2.45) is 4.99 Å². The molecule has 0 saturated heterocycles. The van der Waals surface area contributed by atoms with Gasteiger partial charge in [-0.3, -0.25) is 10.1 Å². The van der Waals surface area contributed by atoms with Gasteiger partial charge in [0.1, 0.15) is 5.82 Å². The number of guanidine groups is 1. The van der Waals surface area contributed by atoms with Gasteiger partial charge in [0.2, 0.25) is 5.82 Å². The molecule has 0 amide bonds.